The van der Waals surface area contributed by atoms with Crippen LogP contribution >= 0.6 is 0 Å². The van der Waals surface area contributed by atoms with E-state index < -0.39 is 5.60 Å². The van der Waals surface area contributed by atoms with Crippen LogP contribution in [0.5, 0.6) is 0 Å². The number of ether oxygens (including phenoxy) is 1. The Kier molecular flexibility index (Phi) is 5.26. The fourth-order valence-electron chi connectivity index (χ4n) is 1.20. The highest BCUT2D eigenvalue weighted by atomic mass is 16.5. The van der Waals surface area contributed by atoms with Gasteiger partial charge in [0.25, 0.3) is 0 Å². The summed E-state index contributed by atoms with van der Waals surface area (Å²) in [6, 6.07) is 1.56. The van der Waals surface area contributed by atoms with Crippen molar-refractivity contribution < 1.29 is 14.9 Å². The molecule has 0 saturated carbocycles. The summed E-state index contributed by atoms with van der Waals surface area (Å²) >= 11 is 0. The van der Waals surface area contributed by atoms with Crippen molar-refractivity contribution in [2.24, 2.45) is 0 Å². The standard InChI is InChI=1S/C11H20N4O3/c1-3-18-5-10-14-8(12)4-9(15-10)13-6-11(2,17)7-16/h4,16-17H,3,5-7H2,1-2H3,(H3,12,13,14,15). The van der Waals surface area contributed by atoms with Crippen molar-refractivity contribution in [3.05, 3.63) is 11.9 Å². The first-order valence-electron chi connectivity index (χ1n) is 5.75. The van der Waals surface area contributed by atoms with Gasteiger partial charge in [-0.25, -0.2) is 9.97 Å². The molecule has 1 rings (SSSR count). The van der Waals surface area contributed by atoms with Gasteiger partial charge < -0.3 is 26.0 Å². The molecular formula is C11H20N4O3. The van der Waals surface area contributed by atoms with E-state index in [4.69, 9.17) is 15.6 Å². The molecule has 0 amide bonds. The lowest BCUT2D eigenvalue weighted by Crippen LogP contribution is -2.37. The molecule has 7 heteroatoms. The van der Waals surface area contributed by atoms with Crippen molar-refractivity contribution in [2.75, 3.05) is 30.8 Å². The molecule has 0 aliphatic rings. The third kappa shape index (κ3) is 4.82. The molecule has 0 fully saturated rings. The van der Waals surface area contributed by atoms with Crippen molar-refractivity contribution in [2.45, 2.75) is 26.1 Å². The number of anilines is 2. The summed E-state index contributed by atoms with van der Waals surface area (Å²) in [7, 11) is 0. The van der Waals surface area contributed by atoms with Crippen LogP contribution in [-0.4, -0.2) is 45.5 Å². The smallest absolute Gasteiger partial charge is 0.158 e. The summed E-state index contributed by atoms with van der Waals surface area (Å²) in [5.74, 6) is 1.29. The van der Waals surface area contributed by atoms with Gasteiger partial charge in [0.15, 0.2) is 5.82 Å². The summed E-state index contributed by atoms with van der Waals surface area (Å²) in [4.78, 5) is 8.21. The van der Waals surface area contributed by atoms with Crippen molar-refractivity contribution >= 4 is 11.6 Å². The maximum atomic E-state index is 9.65. The van der Waals surface area contributed by atoms with Gasteiger partial charge in [-0.3, -0.25) is 0 Å². The van der Waals surface area contributed by atoms with Crippen molar-refractivity contribution in [1.82, 2.24) is 9.97 Å². The zero-order chi connectivity index (χ0) is 13.6. The lowest BCUT2D eigenvalue weighted by molar-refractivity contribution is 0.0131. The Balaban J connectivity index is 2.68. The molecule has 7 nitrogen and oxygen atoms in total. The van der Waals surface area contributed by atoms with Gasteiger partial charge in [-0.15, -0.1) is 0 Å². The second-order valence-electron chi connectivity index (χ2n) is 4.24. The third-order valence-corrected chi connectivity index (χ3v) is 2.22. The van der Waals surface area contributed by atoms with Gasteiger partial charge in [0.1, 0.15) is 23.8 Å². The molecule has 1 atom stereocenters. The highest BCUT2D eigenvalue weighted by Crippen LogP contribution is 2.11. The highest BCUT2D eigenvalue weighted by Gasteiger charge is 2.18. The molecule has 1 heterocycles. The van der Waals surface area contributed by atoms with Gasteiger partial charge >= 0.3 is 0 Å². The second-order valence-corrected chi connectivity index (χ2v) is 4.24. The number of nitrogens with one attached hydrogen (secondary N) is 1. The van der Waals surface area contributed by atoms with Crippen LogP contribution in [0.3, 0.4) is 0 Å². The quantitative estimate of drug-likeness (QED) is 0.532. The van der Waals surface area contributed by atoms with E-state index in [1.165, 1.54) is 6.92 Å². The summed E-state index contributed by atoms with van der Waals surface area (Å²) in [5, 5.41) is 21.5. The molecule has 1 unspecified atom stereocenters. The van der Waals surface area contributed by atoms with Crippen LogP contribution in [0.15, 0.2) is 6.07 Å². The lowest BCUT2D eigenvalue weighted by atomic mass is 10.1. The molecule has 0 aliphatic carbocycles. The minimum atomic E-state index is -1.21. The molecule has 0 radical (unpaired) electrons. The summed E-state index contributed by atoms with van der Waals surface area (Å²) in [6.07, 6.45) is 0. The second kappa shape index (κ2) is 6.48. The molecule has 18 heavy (non-hydrogen) atoms. The van der Waals surface area contributed by atoms with E-state index in [1.807, 2.05) is 6.92 Å². The Morgan fingerprint density at radius 3 is 2.83 bits per heavy atom. The summed E-state index contributed by atoms with van der Waals surface area (Å²) < 4.78 is 5.20. The van der Waals surface area contributed by atoms with E-state index >= 15 is 0 Å². The Morgan fingerprint density at radius 2 is 2.22 bits per heavy atom. The first-order valence-corrected chi connectivity index (χ1v) is 5.75. The van der Waals surface area contributed by atoms with E-state index in [0.717, 1.165) is 0 Å². The molecular weight excluding hydrogens is 236 g/mol. The Bertz CT molecular complexity index is 385. The van der Waals surface area contributed by atoms with Gasteiger partial charge in [0, 0.05) is 19.2 Å². The fraction of sp³-hybridized carbons (Fsp3) is 0.636. The monoisotopic (exact) mass is 256 g/mol. The van der Waals surface area contributed by atoms with Crippen LogP contribution in [0.4, 0.5) is 11.6 Å². The van der Waals surface area contributed by atoms with Crippen molar-refractivity contribution in [3.8, 4) is 0 Å². The average Bonchev–Trinajstić information content (AvgIpc) is 2.33. The van der Waals surface area contributed by atoms with Gasteiger partial charge in [-0.2, -0.15) is 0 Å². The minimum absolute atomic E-state index is 0.161. The molecule has 1 aromatic rings. The number of hydrogen-bond acceptors (Lipinski definition) is 7. The van der Waals surface area contributed by atoms with Crippen molar-refractivity contribution in [3.63, 3.8) is 0 Å². The number of nitrogens with zero attached hydrogens (tertiary/aromatic N) is 2. The predicted molar refractivity (Wildman–Crippen MR) is 68.0 cm³/mol. The Hall–Kier alpha value is -1.44. The van der Waals surface area contributed by atoms with E-state index in [9.17, 15) is 5.11 Å². The number of nitrogen functional groups attached to an aromatic ring is 1. The summed E-state index contributed by atoms with van der Waals surface area (Å²) in [6.45, 7) is 4.07. The topological polar surface area (TPSA) is 114 Å². The number of nitrogens with two attached hydrogens (primary N) is 1. The van der Waals surface area contributed by atoms with Crippen LogP contribution in [-0.2, 0) is 11.3 Å². The largest absolute Gasteiger partial charge is 0.393 e. The molecule has 102 valence electrons. The first kappa shape index (κ1) is 14.6. The average molecular weight is 256 g/mol. The highest BCUT2D eigenvalue weighted by molar-refractivity contribution is 5.44. The molecule has 5 N–H and O–H groups in total. The van der Waals surface area contributed by atoms with Gasteiger partial charge in [-0.1, -0.05) is 0 Å². The van der Waals surface area contributed by atoms with Gasteiger partial charge in [-0.05, 0) is 13.8 Å². The number of aliphatic hydroxyl groups is 2. The molecule has 0 aliphatic heterocycles. The van der Waals surface area contributed by atoms with E-state index in [-0.39, 0.29) is 19.8 Å². The Morgan fingerprint density at radius 1 is 1.50 bits per heavy atom. The van der Waals surface area contributed by atoms with Crippen LogP contribution in [0.2, 0.25) is 0 Å². The third-order valence-electron chi connectivity index (χ3n) is 2.22. The first-order chi connectivity index (χ1) is 8.46. The number of aliphatic hydroxyl groups excluding tert-OH is 1. The summed E-state index contributed by atoms with van der Waals surface area (Å²) in [5.41, 5.74) is 4.44. The van der Waals surface area contributed by atoms with Gasteiger partial charge in [0.05, 0.1) is 6.61 Å². The maximum Gasteiger partial charge on any atom is 0.158 e. The molecule has 0 aromatic carbocycles. The molecule has 0 spiro atoms. The van der Waals surface area contributed by atoms with E-state index in [1.54, 1.807) is 6.07 Å². The van der Waals surface area contributed by atoms with Gasteiger partial charge in [0.2, 0.25) is 0 Å². The maximum absolute atomic E-state index is 9.65. The molecule has 0 bridgehead atoms. The van der Waals surface area contributed by atoms with E-state index in [0.29, 0.717) is 24.1 Å². The number of aromatic nitrogens is 2. The van der Waals surface area contributed by atoms with E-state index in [2.05, 4.69) is 15.3 Å². The van der Waals surface area contributed by atoms with Crippen LogP contribution in [0.1, 0.15) is 19.7 Å². The predicted octanol–water partition coefficient (Wildman–Crippen LogP) is -0.249. The van der Waals surface area contributed by atoms with Crippen LogP contribution < -0.4 is 11.1 Å². The molecule has 1 aromatic heterocycles. The number of hydrogen-bond donors (Lipinski definition) is 4. The fourth-order valence-corrected chi connectivity index (χ4v) is 1.20. The number of rotatable bonds is 7. The molecule has 0 saturated heterocycles. The van der Waals surface area contributed by atoms with Crippen molar-refractivity contribution in [1.29, 1.82) is 0 Å². The lowest BCUT2D eigenvalue weighted by Gasteiger charge is -2.21. The Labute approximate surface area is 106 Å². The minimum Gasteiger partial charge on any atom is -0.393 e. The zero-order valence-electron chi connectivity index (χ0n) is 10.7. The van der Waals surface area contributed by atoms with Crippen LogP contribution in [0.25, 0.3) is 0 Å². The normalized spacial score (nSPS) is 14.2. The van der Waals surface area contributed by atoms with Crippen LogP contribution in [0, 0.1) is 0 Å². The zero-order valence-corrected chi connectivity index (χ0v) is 10.7. The SMILES string of the molecule is CCOCc1nc(N)cc(NCC(C)(O)CO)n1.